The molecule has 37 heavy (non-hydrogen) atoms. The number of carbonyl (C=O) groups is 2. The maximum absolute atomic E-state index is 12.7. The molecule has 3 aromatic carbocycles. The molecule has 0 saturated heterocycles. The van der Waals surface area contributed by atoms with Crippen molar-refractivity contribution in [2.24, 2.45) is 0 Å². The first-order valence-corrected chi connectivity index (χ1v) is 12.6. The molecule has 1 aromatic heterocycles. The van der Waals surface area contributed by atoms with E-state index in [-0.39, 0.29) is 24.1 Å². The summed E-state index contributed by atoms with van der Waals surface area (Å²) >= 11 is 1.26. The molecule has 0 unspecified atom stereocenters. The van der Waals surface area contributed by atoms with Crippen molar-refractivity contribution < 1.29 is 19.1 Å². The number of nitrogens with one attached hydrogen (secondary N) is 2. The average Bonchev–Trinajstić information content (AvgIpc) is 3.34. The number of anilines is 1. The molecule has 1 heterocycles. The monoisotopic (exact) mass is 517 g/mol. The Morgan fingerprint density at radius 2 is 1.62 bits per heavy atom. The zero-order chi connectivity index (χ0) is 26.0. The summed E-state index contributed by atoms with van der Waals surface area (Å²) in [6.45, 7) is 2.63. The fourth-order valence-corrected chi connectivity index (χ4v) is 4.25. The number of benzene rings is 3. The lowest BCUT2D eigenvalue weighted by Gasteiger charge is -2.12. The Balaban J connectivity index is 1.51. The highest BCUT2D eigenvalue weighted by molar-refractivity contribution is 7.99. The van der Waals surface area contributed by atoms with Crippen LogP contribution in [0.5, 0.6) is 11.5 Å². The van der Waals surface area contributed by atoms with Gasteiger partial charge in [-0.2, -0.15) is 0 Å². The highest BCUT2D eigenvalue weighted by Gasteiger charge is 2.17. The van der Waals surface area contributed by atoms with Crippen molar-refractivity contribution >= 4 is 29.3 Å². The van der Waals surface area contributed by atoms with E-state index in [1.54, 1.807) is 31.4 Å². The number of amides is 2. The number of methoxy groups -OCH3 is 1. The standard InChI is InChI=1S/C27H27N5O4S/c1-3-36-23-15-11-21(12-16-23)32-24(17-28-26(34)19-9-13-22(35-2)14-10-19)30-31-27(32)37-18-25(33)29-20-7-5-4-6-8-20/h4-16H,3,17-18H2,1-2H3,(H,28,34)(H,29,33). The molecule has 0 radical (unpaired) electrons. The SMILES string of the molecule is CCOc1ccc(-n2c(CNC(=O)c3ccc(OC)cc3)nnc2SCC(=O)Nc2ccccc2)cc1. The topological polar surface area (TPSA) is 107 Å². The lowest BCUT2D eigenvalue weighted by molar-refractivity contribution is -0.113. The van der Waals surface area contributed by atoms with E-state index in [9.17, 15) is 9.59 Å². The molecule has 190 valence electrons. The van der Waals surface area contributed by atoms with Gasteiger partial charge < -0.3 is 20.1 Å². The number of aromatic nitrogens is 3. The zero-order valence-corrected chi connectivity index (χ0v) is 21.3. The largest absolute Gasteiger partial charge is 0.497 e. The van der Waals surface area contributed by atoms with Crippen LogP contribution in [-0.2, 0) is 11.3 Å². The minimum Gasteiger partial charge on any atom is -0.497 e. The maximum atomic E-state index is 12.7. The Hall–Kier alpha value is -4.31. The molecule has 9 nitrogen and oxygen atoms in total. The highest BCUT2D eigenvalue weighted by Crippen LogP contribution is 2.24. The van der Waals surface area contributed by atoms with Crippen molar-refractivity contribution in [3.05, 3.63) is 90.3 Å². The molecular formula is C27H27N5O4S. The van der Waals surface area contributed by atoms with Crippen LogP contribution in [0.2, 0.25) is 0 Å². The second-order valence-corrected chi connectivity index (χ2v) is 8.72. The fraction of sp³-hybridized carbons (Fsp3) is 0.185. The van der Waals surface area contributed by atoms with Crippen molar-refractivity contribution in [3.8, 4) is 17.2 Å². The Labute approximate surface area is 219 Å². The number of para-hydroxylation sites is 1. The summed E-state index contributed by atoms with van der Waals surface area (Å²) < 4.78 is 12.5. The zero-order valence-electron chi connectivity index (χ0n) is 20.5. The van der Waals surface area contributed by atoms with Crippen LogP contribution >= 0.6 is 11.8 Å². The minimum atomic E-state index is -0.250. The number of rotatable bonds is 11. The van der Waals surface area contributed by atoms with Crippen molar-refractivity contribution in [2.75, 3.05) is 24.8 Å². The smallest absolute Gasteiger partial charge is 0.251 e. The summed E-state index contributed by atoms with van der Waals surface area (Å²) in [5, 5.41) is 14.9. The van der Waals surface area contributed by atoms with Gasteiger partial charge in [-0.15, -0.1) is 10.2 Å². The predicted octanol–water partition coefficient (Wildman–Crippen LogP) is 4.34. The van der Waals surface area contributed by atoms with E-state index in [1.807, 2.05) is 66.1 Å². The van der Waals surface area contributed by atoms with E-state index in [1.165, 1.54) is 11.8 Å². The van der Waals surface area contributed by atoms with E-state index in [2.05, 4.69) is 20.8 Å². The summed E-state index contributed by atoms with van der Waals surface area (Å²) in [7, 11) is 1.57. The highest BCUT2D eigenvalue weighted by atomic mass is 32.2. The maximum Gasteiger partial charge on any atom is 0.251 e. The Bertz CT molecular complexity index is 1330. The van der Waals surface area contributed by atoms with Crippen LogP contribution < -0.4 is 20.1 Å². The normalized spacial score (nSPS) is 10.5. The molecule has 0 atom stereocenters. The second-order valence-electron chi connectivity index (χ2n) is 7.78. The number of carbonyl (C=O) groups excluding carboxylic acids is 2. The van der Waals surface area contributed by atoms with Gasteiger partial charge >= 0.3 is 0 Å². The molecule has 4 rings (SSSR count). The molecule has 0 aliphatic carbocycles. The fourth-order valence-electron chi connectivity index (χ4n) is 3.48. The molecule has 0 bridgehead atoms. The van der Waals surface area contributed by atoms with E-state index in [0.29, 0.717) is 28.9 Å². The molecule has 0 spiro atoms. The summed E-state index contributed by atoms with van der Waals surface area (Å²) in [6, 6.07) is 23.6. The van der Waals surface area contributed by atoms with Gasteiger partial charge in [0, 0.05) is 16.9 Å². The first-order valence-electron chi connectivity index (χ1n) is 11.6. The lowest BCUT2D eigenvalue weighted by Crippen LogP contribution is -2.24. The Kier molecular flexibility index (Phi) is 8.77. The molecule has 2 N–H and O–H groups in total. The third-order valence-corrected chi connectivity index (χ3v) is 6.18. The molecule has 0 aliphatic rings. The van der Waals surface area contributed by atoms with E-state index >= 15 is 0 Å². The van der Waals surface area contributed by atoms with Crippen molar-refractivity contribution in [3.63, 3.8) is 0 Å². The van der Waals surface area contributed by atoms with Crippen LogP contribution in [0.4, 0.5) is 5.69 Å². The van der Waals surface area contributed by atoms with Gasteiger partial charge in [-0.1, -0.05) is 30.0 Å². The van der Waals surface area contributed by atoms with Gasteiger partial charge in [0.1, 0.15) is 11.5 Å². The van der Waals surface area contributed by atoms with E-state index < -0.39 is 0 Å². The minimum absolute atomic E-state index is 0.141. The summed E-state index contributed by atoms with van der Waals surface area (Å²) in [5.41, 5.74) is 2.01. The quantitative estimate of drug-likeness (QED) is 0.285. The molecule has 10 heteroatoms. The first-order chi connectivity index (χ1) is 18.1. The van der Waals surface area contributed by atoms with Gasteiger partial charge in [0.2, 0.25) is 5.91 Å². The number of hydrogen-bond acceptors (Lipinski definition) is 7. The molecule has 4 aromatic rings. The summed E-state index contributed by atoms with van der Waals surface area (Å²) in [4.78, 5) is 25.2. The van der Waals surface area contributed by atoms with Crippen LogP contribution in [-0.4, -0.2) is 46.0 Å². The van der Waals surface area contributed by atoms with Crippen LogP contribution in [0.3, 0.4) is 0 Å². The summed E-state index contributed by atoms with van der Waals surface area (Å²) in [5.74, 6) is 1.67. The molecule has 0 fully saturated rings. The number of thioether (sulfide) groups is 1. The Morgan fingerprint density at radius 3 is 2.30 bits per heavy atom. The van der Waals surface area contributed by atoms with Gasteiger partial charge in [0.05, 0.1) is 26.0 Å². The van der Waals surface area contributed by atoms with Gasteiger partial charge in [-0.25, -0.2) is 0 Å². The van der Waals surface area contributed by atoms with Gasteiger partial charge in [-0.05, 0) is 67.6 Å². The summed E-state index contributed by atoms with van der Waals surface area (Å²) in [6.07, 6.45) is 0. The van der Waals surface area contributed by atoms with E-state index in [0.717, 1.165) is 17.1 Å². The van der Waals surface area contributed by atoms with Crippen LogP contribution in [0.1, 0.15) is 23.1 Å². The molecular weight excluding hydrogens is 490 g/mol. The molecule has 0 aliphatic heterocycles. The number of ether oxygens (including phenoxy) is 2. The van der Waals surface area contributed by atoms with Crippen molar-refractivity contribution in [1.29, 1.82) is 0 Å². The lowest BCUT2D eigenvalue weighted by atomic mass is 10.2. The van der Waals surface area contributed by atoms with Gasteiger partial charge in [0.15, 0.2) is 11.0 Å². The van der Waals surface area contributed by atoms with Crippen LogP contribution in [0, 0.1) is 0 Å². The molecule has 0 saturated carbocycles. The average molecular weight is 518 g/mol. The van der Waals surface area contributed by atoms with E-state index in [4.69, 9.17) is 9.47 Å². The number of nitrogens with zero attached hydrogens (tertiary/aromatic N) is 3. The first kappa shape index (κ1) is 25.8. The number of hydrogen-bond donors (Lipinski definition) is 2. The van der Waals surface area contributed by atoms with Crippen LogP contribution in [0.25, 0.3) is 5.69 Å². The van der Waals surface area contributed by atoms with Gasteiger partial charge in [-0.3, -0.25) is 14.2 Å². The predicted molar refractivity (Wildman–Crippen MR) is 142 cm³/mol. The molecule has 2 amide bonds. The van der Waals surface area contributed by atoms with Gasteiger partial charge in [0.25, 0.3) is 5.91 Å². The Morgan fingerprint density at radius 1 is 0.919 bits per heavy atom. The second kappa shape index (κ2) is 12.6. The van der Waals surface area contributed by atoms with Crippen LogP contribution in [0.15, 0.2) is 84.0 Å². The third kappa shape index (κ3) is 6.89. The third-order valence-electron chi connectivity index (χ3n) is 5.26. The van der Waals surface area contributed by atoms with Crippen molar-refractivity contribution in [1.82, 2.24) is 20.1 Å². The van der Waals surface area contributed by atoms with Crippen molar-refractivity contribution in [2.45, 2.75) is 18.6 Å².